The van der Waals surface area contributed by atoms with Crippen molar-refractivity contribution in [2.45, 2.75) is 63.4 Å². The molecule has 1 heterocycles. The minimum absolute atomic E-state index is 0.162. The fourth-order valence-corrected chi connectivity index (χ4v) is 3.75. The summed E-state index contributed by atoms with van der Waals surface area (Å²) in [6.45, 7) is 8.93. The number of benzene rings is 1. The normalized spacial score (nSPS) is 15.7. The molecule has 2 aromatic rings. The molecule has 23 heavy (non-hydrogen) atoms. The van der Waals surface area contributed by atoms with E-state index in [-0.39, 0.29) is 11.0 Å². The summed E-state index contributed by atoms with van der Waals surface area (Å²) in [6, 6.07) is 6.04. The molecule has 4 nitrogen and oxygen atoms in total. The van der Waals surface area contributed by atoms with Crippen LogP contribution in [0.15, 0.2) is 23.4 Å². The Hall–Kier alpha value is -1.62. The first-order valence-electron chi connectivity index (χ1n) is 8.22. The van der Waals surface area contributed by atoms with Gasteiger partial charge in [-0.15, -0.1) is 10.2 Å². The second-order valence-electron chi connectivity index (χ2n) is 6.30. The molecule has 1 aliphatic carbocycles. The summed E-state index contributed by atoms with van der Waals surface area (Å²) in [4.78, 5) is 12.8. The van der Waals surface area contributed by atoms with Crippen molar-refractivity contribution in [1.82, 2.24) is 14.8 Å². The average molecular weight is 329 g/mol. The number of rotatable bonds is 6. The number of Topliss-reactive ketones (excluding diaryl/α,β-unsaturated/α-hetero) is 1. The van der Waals surface area contributed by atoms with Gasteiger partial charge in [-0.2, -0.15) is 0 Å². The quantitative estimate of drug-likeness (QED) is 0.590. The van der Waals surface area contributed by atoms with Crippen molar-refractivity contribution >= 4 is 17.5 Å². The molecule has 1 fully saturated rings. The first kappa shape index (κ1) is 16.2. The van der Waals surface area contributed by atoms with Gasteiger partial charge in [0.2, 0.25) is 0 Å². The number of thioether (sulfide) groups is 1. The van der Waals surface area contributed by atoms with Crippen LogP contribution >= 0.6 is 11.8 Å². The van der Waals surface area contributed by atoms with E-state index in [0.717, 1.165) is 34.2 Å². The number of nitrogens with zero attached hydrogens (tertiary/aromatic N) is 3. The van der Waals surface area contributed by atoms with Gasteiger partial charge < -0.3 is 4.57 Å². The molecule has 0 bridgehead atoms. The van der Waals surface area contributed by atoms with Crippen LogP contribution in [0.5, 0.6) is 0 Å². The van der Waals surface area contributed by atoms with Crippen LogP contribution in [0.25, 0.3) is 0 Å². The molecular formula is C18H23N3OS. The second-order valence-corrected chi connectivity index (χ2v) is 7.61. The standard InChI is InChI=1S/C18H23N3OS/c1-5-21-17(14-8-9-14)19-20-18(21)23-13(4)16(22)15-10-11(2)6-7-12(15)3/h6-7,10,13-14H,5,8-9H2,1-4H3/t13-/m1/s1. The van der Waals surface area contributed by atoms with E-state index in [1.165, 1.54) is 24.6 Å². The van der Waals surface area contributed by atoms with Gasteiger partial charge in [-0.1, -0.05) is 29.5 Å². The Morgan fingerprint density at radius 1 is 1.35 bits per heavy atom. The maximum Gasteiger partial charge on any atom is 0.191 e. The van der Waals surface area contributed by atoms with Crippen molar-refractivity contribution in [2.24, 2.45) is 0 Å². The third-order valence-electron chi connectivity index (χ3n) is 4.31. The largest absolute Gasteiger partial charge is 0.306 e. The molecule has 1 saturated carbocycles. The Labute approximate surface area is 141 Å². The zero-order valence-electron chi connectivity index (χ0n) is 14.2. The molecular weight excluding hydrogens is 306 g/mol. The molecule has 122 valence electrons. The van der Waals surface area contributed by atoms with Crippen LogP contribution in [-0.4, -0.2) is 25.8 Å². The summed E-state index contributed by atoms with van der Waals surface area (Å²) in [7, 11) is 0. The van der Waals surface area contributed by atoms with Crippen molar-refractivity contribution in [3.8, 4) is 0 Å². The van der Waals surface area contributed by atoms with Crippen molar-refractivity contribution < 1.29 is 4.79 Å². The Bertz CT molecular complexity index is 734. The van der Waals surface area contributed by atoms with E-state index >= 15 is 0 Å². The number of aromatic nitrogens is 3. The topological polar surface area (TPSA) is 47.8 Å². The van der Waals surface area contributed by atoms with E-state index in [2.05, 4.69) is 21.7 Å². The highest BCUT2D eigenvalue weighted by molar-refractivity contribution is 8.00. The third-order valence-corrected chi connectivity index (χ3v) is 5.39. The van der Waals surface area contributed by atoms with Crippen LogP contribution in [0, 0.1) is 13.8 Å². The van der Waals surface area contributed by atoms with Crippen molar-refractivity contribution in [1.29, 1.82) is 0 Å². The molecule has 5 heteroatoms. The number of hydrogen-bond donors (Lipinski definition) is 0. The van der Waals surface area contributed by atoms with Gasteiger partial charge in [0.05, 0.1) is 5.25 Å². The number of aryl methyl sites for hydroxylation is 2. The lowest BCUT2D eigenvalue weighted by Crippen LogP contribution is -2.16. The van der Waals surface area contributed by atoms with Gasteiger partial charge in [-0.25, -0.2) is 0 Å². The monoisotopic (exact) mass is 329 g/mol. The predicted molar refractivity (Wildman–Crippen MR) is 93.2 cm³/mol. The molecule has 0 aliphatic heterocycles. The summed E-state index contributed by atoms with van der Waals surface area (Å²) in [6.07, 6.45) is 2.42. The Balaban J connectivity index is 1.80. The summed E-state index contributed by atoms with van der Waals surface area (Å²) >= 11 is 1.52. The zero-order chi connectivity index (χ0) is 16.6. The van der Waals surface area contributed by atoms with E-state index < -0.39 is 0 Å². The second kappa shape index (κ2) is 6.48. The van der Waals surface area contributed by atoms with Gasteiger partial charge in [0.1, 0.15) is 5.82 Å². The molecule has 0 amide bonds. The SMILES string of the molecule is CCn1c(S[C@H](C)C(=O)c2cc(C)ccc2C)nnc1C1CC1. The van der Waals surface area contributed by atoms with Crippen LogP contribution in [0.1, 0.15) is 59.9 Å². The minimum atomic E-state index is -0.169. The van der Waals surface area contributed by atoms with Crippen molar-refractivity contribution in [3.05, 3.63) is 40.7 Å². The van der Waals surface area contributed by atoms with Crippen LogP contribution in [0.3, 0.4) is 0 Å². The van der Waals surface area contributed by atoms with Gasteiger partial charge in [-0.05, 0) is 52.2 Å². The highest BCUT2D eigenvalue weighted by atomic mass is 32.2. The summed E-state index contributed by atoms with van der Waals surface area (Å²) in [5.41, 5.74) is 2.96. The fraction of sp³-hybridized carbons (Fsp3) is 0.500. The molecule has 0 saturated heterocycles. The van der Waals surface area contributed by atoms with E-state index in [4.69, 9.17) is 0 Å². The molecule has 0 unspecified atom stereocenters. The zero-order valence-corrected chi connectivity index (χ0v) is 15.0. The van der Waals surface area contributed by atoms with E-state index in [9.17, 15) is 4.79 Å². The van der Waals surface area contributed by atoms with Crippen molar-refractivity contribution in [3.63, 3.8) is 0 Å². The molecule has 0 radical (unpaired) electrons. The lowest BCUT2D eigenvalue weighted by atomic mass is 10.0. The number of carbonyl (C=O) groups is 1. The van der Waals surface area contributed by atoms with E-state index in [0.29, 0.717) is 5.92 Å². The minimum Gasteiger partial charge on any atom is -0.306 e. The van der Waals surface area contributed by atoms with Crippen LogP contribution < -0.4 is 0 Å². The van der Waals surface area contributed by atoms with Gasteiger partial charge in [-0.3, -0.25) is 4.79 Å². The highest BCUT2D eigenvalue weighted by Crippen LogP contribution is 2.40. The fourth-order valence-electron chi connectivity index (χ4n) is 2.76. The summed E-state index contributed by atoms with van der Waals surface area (Å²) in [5.74, 6) is 1.82. The van der Waals surface area contributed by atoms with Gasteiger partial charge in [0, 0.05) is 18.0 Å². The number of carbonyl (C=O) groups excluding carboxylic acids is 1. The maximum atomic E-state index is 12.8. The smallest absolute Gasteiger partial charge is 0.191 e. The van der Waals surface area contributed by atoms with Gasteiger partial charge in [0.15, 0.2) is 10.9 Å². The molecule has 3 rings (SSSR count). The van der Waals surface area contributed by atoms with Crippen LogP contribution in [0.4, 0.5) is 0 Å². The molecule has 0 spiro atoms. The molecule has 0 N–H and O–H groups in total. The average Bonchev–Trinajstić information content (AvgIpc) is 3.30. The van der Waals surface area contributed by atoms with Crippen LogP contribution in [0.2, 0.25) is 0 Å². The van der Waals surface area contributed by atoms with Gasteiger partial charge >= 0.3 is 0 Å². The Kier molecular flexibility index (Phi) is 4.57. The third kappa shape index (κ3) is 3.34. The molecule has 1 atom stereocenters. The first-order chi connectivity index (χ1) is 11.0. The highest BCUT2D eigenvalue weighted by Gasteiger charge is 2.31. The van der Waals surface area contributed by atoms with E-state index in [1.54, 1.807) is 0 Å². The number of ketones is 1. The van der Waals surface area contributed by atoms with E-state index in [1.807, 2.05) is 39.0 Å². The molecule has 1 aromatic heterocycles. The summed E-state index contributed by atoms with van der Waals surface area (Å²) < 4.78 is 2.16. The Morgan fingerprint density at radius 2 is 2.09 bits per heavy atom. The predicted octanol–water partition coefficient (Wildman–Crippen LogP) is 4.16. The first-order valence-corrected chi connectivity index (χ1v) is 9.10. The van der Waals surface area contributed by atoms with Gasteiger partial charge in [0.25, 0.3) is 0 Å². The van der Waals surface area contributed by atoms with Crippen molar-refractivity contribution in [2.75, 3.05) is 0 Å². The lowest BCUT2D eigenvalue weighted by Gasteiger charge is -2.13. The van der Waals surface area contributed by atoms with Crippen LogP contribution in [-0.2, 0) is 6.54 Å². The lowest BCUT2D eigenvalue weighted by molar-refractivity contribution is 0.0993. The molecule has 1 aromatic carbocycles. The Morgan fingerprint density at radius 3 is 2.74 bits per heavy atom. The maximum absolute atomic E-state index is 12.8. The number of hydrogen-bond acceptors (Lipinski definition) is 4. The molecule has 1 aliphatic rings. The summed E-state index contributed by atoms with van der Waals surface area (Å²) in [5, 5.41) is 9.37.